The van der Waals surface area contributed by atoms with Crippen LogP contribution < -0.4 is 0 Å². The lowest BCUT2D eigenvalue weighted by molar-refractivity contribution is 0.153. The molecule has 0 spiro atoms. The van der Waals surface area contributed by atoms with Crippen molar-refractivity contribution < 1.29 is 4.74 Å². The van der Waals surface area contributed by atoms with Gasteiger partial charge < -0.3 is 4.74 Å². The Bertz CT molecular complexity index is 826. The average Bonchev–Trinajstić information content (AvgIpc) is 2.62. The molecule has 0 aliphatic carbocycles. The number of nitriles is 2. The van der Waals surface area contributed by atoms with E-state index in [1.54, 1.807) is 23.9 Å². The predicted octanol–water partition coefficient (Wildman–Crippen LogP) is 4.23. The van der Waals surface area contributed by atoms with E-state index in [9.17, 15) is 0 Å². The highest BCUT2D eigenvalue weighted by Crippen LogP contribution is 2.32. The van der Waals surface area contributed by atoms with E-state index in [-0.39, 0.29) is 0 Å². The van der Waals surface area contributed by atoms with Gasteiger partial charge in [0.05, 0.1) is 36.5 Å². The Balaban J connectivity index is 1.66. The van der Waals surface area contributed by atoms with Crippen LogP contribution in [0.3, 0.4) is 0 Å². The van der Waals surface area contributed by atoms with Crippen molar-refractivity contribution in [3.63, 3.8) is 0 Å². The summed E-state index contributed by atoms with van der Waals surface area (Å²) in [6, 6.07) is 17.5. The number of thioether (sulfide) groups is 1. The maximum Gasteiger partial charge on any atom is 0.0991 e. The third kappa shape index (κ3) is 3.63. The average molecular weight is 318 g/mol. The van der Waals surface area contributed by atoms with Gasteiger partial charge in [0.2, 0.25) is 0 Å². The molecular weight excluding hydrogens is 304 g/mol. The van der Waals surface area contributed by atoms with Gasteiger partial charge in [-0.05, 0) is 51.9 Å². The summed E-state index contributed by atoms with van der Waals surface area (Å²) >= 11 is 1.75. The van der Waals surface area contributed by atoms with Gasteiger partial charge in [-0.1, -0.05) is 18.2 Å². The molecule has 1 heterocycles. The molecule has 23 heavy (non-hydrogen) atoms. The zero-order chi connectivity index (χ0) is 16.1. The summed E-state index contributed by atoms with van der Waals surface area (Å²) in [5.41, 5.74) is 5.84. The molecule has 1 aliphatic heterocycles. The molecule has 0 aromatic heterocycles. The number of rotatable bonds is 4. The summed E-state index contributed by atoms with van der Waals surface area (Å²) in [6.07, 6.45) is 0. The van der Waals surface area contributed by atoms with Gasteiger partial charge in [-0.2, -0.15) is 10.5 Å². The topological polar surface area (TPSA) is 56.8 Å². The fourth-order valence-corrected chi connectivity index (χ4v) is 3.34. The summed E-state index contributed by atoms with van der Waals surface area (Å²) in [4.78, 5) is 0. The van der Waals surface area contributed by atoms with Gasteiger partial charge in [-0.15, -0.1) is 11.8 Å². The van der Waals surface area contributed by atoms with E-state index < -0.39 is 0 Å². The van der Waals surface area contributed by atoms with E-state index in [0.29, 0.717) is 24.3 Å². The summed E-state index contributed by atoms with van der Waals surface area (Å²) in [7, 11) is 0. The molecule has 2 aromatic rings. The monoisotopic (exact) mass is 318 g/mol. The van der Waals surface area contributed by atoms with Crippen LogP contribution in [0.1, 0.15) is 27.8 Å². The van der Waals surface area contributed by atoms with Gasteiger partial charge in [0.15, 0.2) is 0 Å². The predicted molar refractivity (Wildman–Crippen MR) is 91.2 cm³/mol. The lowest BCUT2D eigenvalue weighted by Crippen LogP contribution is -2.04. The second kappa shape index (κ2) is 7.15. The molecule has 0 saturated carbocycles. The first-order chi connectivity index (χ1) is 11.3. The first-order valence-corrected chi connectivity index (χ1v) is 8.26. The second-order valence-corrected chi connectivity index (χ2v) is 6.10. The second-order valence-electron chi connectivity index (χ2n) is 5.24. The minimum absolute atomic E-state index is 0.501. The van der Waals surface area contributed by atoms with Gasteiger partial charge in [-0.25, -0.2) is 0 Å². The Labute approximate surface area is 139 Å². The van der Waals surface area contributed by atoms with Crippen LogP contribution in [0.4, 0.5) is 0 Å². The molecule has 3 nitrogen and oxygen atoms in total. The lowest BCUT2D eigenvalue weighted by Gasteiger charge is -2.18. The molecule has 2 aromatic carbocycles. The molecule has 0 atom stereocenters. The minimum atomic E-state index is 0.501. The quantitative estimate of drug-likeness (QED) is 0.846. The van der Waals surface area contributed by atoms with Crippen molar-refractivity contribution in [1.82, 2.24) is 0 Å². The number of nitrogens with zero attached hydrogens (tertiary/aromatic N) is 2. The zero-order valence-electron chi connectivity index (χ0n) is 12.5. The normalized spacial score (nSPS) is 12.7. The fourth-order valence-electron chi connectivity index (χ4n) is 2.43. The summed E-state index contributed by atoms with van der Waals surface area (Å²) in [5, 5.41) is 20.0. The zero-order valence-corrected chi connectivity index (χ0v) is 13.3. The highest BCUT2D eigenvalue weighted by atomic mass is 32.2. The van der Waals surface area contributed by atoms with E-state index in [1.165, 1.54) is 5.56 Å². The van der Waals surface area contributed by atoms with Crippen LogP contribution in [-0.4, -0.2) is 6.61 Å². The van der Waals surface area contributed by atoms with Crippen molar-refractivity contribution in [2.75, 3.05) is 6.61 Å². The molecule has 0 unspecified atom stereocenters. The van der Waals surface area contributed by atoms with Crippen LogP contribution in [0, 0.1) is 22.7 Å². The standard InChI is InChI=1S/C19H14N2OS/c20-8-14-1-3-15(4-2-14)10-22-11-18-13-23-12-17-6-5-16(9-21)7-19(17)18/h1-7,13H,10-12H2. The Morgan fingerprint density at radius 1 is 0.957 bits per heavy atom. The Morgan fingerprint density at radius 3 is 2.43 bits per heavy atom. The van der Waals surface area contributed by atoms with Gasteiger partial charge in [-0.3, -0.25) is 0 Å². The van der Waals surface area contributed by atoms with Crippen molar-refractivity contribution >= 4 is 17.3 Å². The number of hydrogen-bond donors (Lipinski definition) is 0. The maximum absolute atomic E-state index is 9.06. The van der Waals surface area contributed by atoms with Gasteiger partial charge in [0.25, 0.3) is 0 Å². The SMILES string of the molecule is N#Cc1ccc(COCC2=CSCc3ccc(C#N)cc32)cc1. The molecule has 0 N–H and O–H groups in total. The number of benzene rings is 2. The van der Waals surface area contributed by atoms with Crippen LogP contribution in [0.15, 0.2) is 47.9 Å². The van der Waals surface area contributed by atoms with Crippen molar-refractivity contribution in [2.24, 2.45) is 0 Å². The summed E-state index contributed by atoms with van der Waals surface area (Å²) in [6.45, 7) is 1.01. The summed E-state index contributed by atoms with van der Waals surface area (Å²) < 4.78 is 5.82. The smallest absolute Gasteiger partial charge is 0.0991 e. The molecule has 0 saturated heterocycles. The largest absolute Gasteiger partial charge is 0.372 e. The third-order valence-electron chi connectivity index (χ3n) is 3.66. The van der Waals surface area contributed by atoms with Gasteiger partial charge >= 0.3 is 0 Å². The first kappa shape index (κ1) is 15.4. The number of ether oxygens (including phenoxy) is 1. The van der Waals surface area contributed by atoms with E-state index in [2.05, 4.69) is 17.5 Å². The van der Waals surface area contributed by atoms with Gasteiger partial charge in [0.1, 0.15) is 0 Å². The van der Waals surface area contributed by atoms with Crippen LogP contribution in [0.5, 0.6) is 0 Å². The molecule has 0 radical (unpaired) electrons. The maximum atomic E-state index is 9.06. The molecule has 4 heteroatoms. The summed E-state index contributed by atoms with van der Waals surface area (Å²) in [5.74, 6) is 0.931. The third-order valence-corrected chi connectivity index (χ3v) is 4.59. The van der Waals surface area contributed by atoms with Gasteiger partial charge in [0, 0.05) is 5.75 Å². The minimum Gasteiger partial charge on any atom is -0.372 e. The van der Waals surface area contributed by atoms with E-state index in [4.69, 9.17) is 15.3 Å². The molecule has 0 fully saturated rings. The first-order valence-electron chi connectivity index (χ1n) is 7.21. The van der Waals surface area contributed by atoms with E-state index >= 15 is 0 Å². The lowest BCUT2D eigenvalue weighted by atomic mass is 9.99. The highest BCUT2D eigenvalue weighted by molar-refractivity contribution is 8.01. The van der Waals surface area contributed by atoms with Crippen molar-refractivity contribution in [3.8, 4) is 12.1 Å². The van der Waals surface area contributed by atoms with Crippen molar-refractivity contribution in [1.29, 1.82) is 10.5 Å². The number of hydrogen-bond acceptors (Lipinski definition) is 4. The molecule has 0 bridgehead atoms. The molecular formula is C19H14N2OS. The van der Waals surface area contributed by atoms with Crippen LogP contribution in [-0.2, 0) is 17.1 Å². The molecule has 1 aliphatic rings. The fraction of sp³-hybridized carbons (Fsp3) is 0.158. The van der Waals surface area contributed by atoms with E-state index in [0.717, 1.165) is 22.5 Å². The number of fused-ring (bicyclic) bond motifs is 1. The molecule has 112 valence electrons. The van der Waals surface area contributed by atoms with Crippen molar-refractivity contribution in [3.05, 3.63) is 75.7 Å². The molecule has 0 amide bonds. The van der Waals surface area contributed by atoms with Crippen LogP contribution >= 0.6 is 11.8 Å². The Kier molecular flexibility index (Phi) is 4.78. The van der Waals surface area contributed by atoms with E-state index in [1.807, 2.05) is 30.3 Å². The highest BCUT2D eigenvalue weighted by Gasteiger charge is 2.14. The molecule has 3 rings (SSSR count). The van der Waals surface area contributed by atoms with Crippen LogP contribution in [0.25, 0.3) is 5.57 Å². The van der Waals surface area contributed by atoms with Crippen molar-refractivity contribution in [2.45, 2.75) is 12.4 Å². The Morgan fingerprint density at radius 2 is 1.70 bits per heavy atom. The Hall–Kier alpha value is -2.53. The van der Waals surface area contributed by atoms with Crippen LogP contribution in [0.2, 0.25) is 0 Å².